The number of hydrogen-bond acceptors (Lipinski definition) is 5. The zero-order valence-electron chi connectivity index (χ0n) is 12.1. The first-order chi connectivity index (χ1) is 10.2. The smallest absolute Gasteiger partial charge is 0.374 e. The molecule has 2 aromatic rings. The molecule has 0 saturated carbocycles. The Kier molecular flexibility index (Phi) is 5.26. The van der Waals surface area contributed by atoms with Gasteiger partial charge in [0.15, 0.2) is 11.5 Å². The third-order valence-corrected chi connectivity index (χ3v) is 2.78. The number of hydrogen-bond donors (Lipinski definition) is 0. The van der Waals surface area contributed by atoms with E-state index in [1.54, 1.807) is 25.3 Å². The molecule has 0 amide bonds. The topological polar surface area (TPSA) is 57.9 Å². The molecule has 112 valence electrons. The van der Waals surface area contributed by atoms with Crippen LogP contribution in [0, 0.1) is 0 Å². The lowest BCUT2D eigenvalue weighted by Crippen LogP contribution is -2.04. The summed E-state index contributed by atoms with van der Waals surface area (Å²) in [6.07, 6.45) is 2.35. The third kappa shape index (κ3) is 4.02. The van der Waals surface area contributed by atoms with Crippen molar-refractivity contribution in [1.82, 2.24) is 0 Å². The van der Waals surface area contributed by atoms with Crippen LogP contribution in [0.25, 0.3) is 0 Å². The lowest BCUT2D eigenvalue weighted by atomic mass is 10.2. The maximum Gasteiger partial charge on any atom is 0.374 e. The molecule has 1 aromatic carbocycles. The summed E-state index contributed by atoms with van der Waals surface area (Å²) in [5.74, 6) is 0.991. The summed E-state index contributed by atoms with van der Waals surface area (Å²) >= 11 is 0. The molecule has 0 bridgehead atoms. The van der Waals surface area contributed by atoms with Crippen molar-refractivity contribution in [1.29, 1.82) is 0 Å². The van der Waals surface area contributed by atoms with Crippen LogP contribution < -0.4 is 9.47 Å². The first kappa shape index (κ1) is 15.0. The Labute approximate surface area is 123 Å². The molecule has 1 aromatic heterocycles. The molecule has 0 unspecified atom stereocenters. The van der Waals surface area contributed by atoms with Crippen molar-refractivity contribution in [2.24, 2.45) is 0 Å². The number of carbonyl (C=O) groups is 1. The van der Waals surface area contributed by atoms with Crippen LogP contribution in [-0.2, 0) is 11.3 Å². The maximum atomic E-state index is 11.7. The van der Waals surface area contributed by atoms with E-state index in [1.807, 2.05) is 19.1 Å². The van der Waals surface area contributed by atoms with E-state index in [1.165, 1.54) is 6.26 Å². The first-order valence-corrected chi connectivity index (χ1v) is 6.75. The second-order valence-electron chi connectivity index (χ2n) is 4.39. The average molecular weight is 290 g/mol. The van der Waals surface area contributed by atoms with Crippen LogP contribution in [0.15, 0.2) is 41.0 Å². The molecule has 1 heterocycles. The van der Waals surface area contributed by atoms with Crippen LogP contribution in [-0.4, -0.2) is 19.7 Å². The summed E-state index contributed by atoms with van der Waals surface area (Å²) in [5, 5.41) is 0. The molecule has 0 fully saturated rings. The lowest BCUT2D eigenvalue weighted by Gasteiger charge is -2.11. The summed E-state index contributed by atoms with van der Waals surface area (Å²) in [6.45, 7) is 2.81. The zero-order valence-corrected chi connectivity index (χ0v) is 12.1. The average Bonchev–Trinajstić information content (AvgIpc) is 3.05. The van der Waals surface area contributed by atoms with Crippen molar-refractivity contribution in [3.63, 3.8) is 0 Å². The van der Waals surface area contributed by atoms with Gasteiger partial charge >= 0.3 is 5.97 Å². The largest absolute Gasteiger partial charge is 0.493 e. The number of ether oxygens (including phenoxy) is 3. The Balaban J connectivity index is 1.99. The molecule has 2 rings (SSSR count). The quantitative estimate of drug-likeness (QED) is 0.731. The van der Waals surface area contributed by atoms with Crippen molar-refractivity contribution in [2.75, 3.05) is 13.7 Å². The van der Waals surface area contributed by atoms with Crippen molar-refractivity contribution < 1.29 is 23.4 Å². The molecule has 0 spiro atoms. The maximum absolute atomic E-state index is 11.7. The van der Waals surface area contributed by atoms with E-state index in [2.05, 4.69) is 0 Å². The molecule has 0 saturated heterocycles. The van der Waals surface area contributed by atoms with Gasteiger partial charge in [-0.2, -0.15) is 0 Å². The van der Waals surface area contributed by atoms with Gasteiger partial charge in [-0.05, 0) is 36.2 Å². The summed E-state index contributed by atoms with van der Waals surface area (Å²) in [6, 6.07) is 8.64. The van der Waals surface area contributed by atoms with Crippen LogP contribution in [0.1, 0.15) is 29.5 Å². The first-order valence-electron chi connectivity index (χ1n) is 6.75. The number of esters is 1. The minimum atomic E-state index is -0.495. The van der Waals surface area contributed by atoms with Gasteiger partial charge in [0.2, 0.25) is 5.76 Å². The van der Waals surface area contributed by atoms with Crippen LogP contribution in [0.4, 0.5) is 0 Å². The van der Waals surface area contributed by atoms with E-state index in [0.717, 1.165) is 12.0 Å². The third-order valence-electron chi connectivity index (χ3n) is 2.78. The van der Waals surface area contributed by atoms with E-state index < -0.39 is 5.97 Å². The van der Waals surface area contributed by atoms with E-state index in [0.29, 0.717) is 18.1 Å². The molecular formula is C16H18O5. The summed E-state index contributed by atoms with van der Waals surface area (Å²) in [4.78, 5) is 11.7. The zero-order chi connectivity index (χ0) is 15.1. The van der Waals surface area contributed by atoms with Crippen molar-refractivity contribution >= 4 is 5.97 Å². The second-order valence-corrected chi connectivity index (χ2v) is 4.39. The summed E-state index contributed by atoms with van der Waals surface area (Å²) in [7, 11) is 1.58. The lowest BCUT2D eigenvalue weighted by molar-refractivity contribution is 0.0436. The van der Waals surface area contributed by atoms with Gasteiger partial charge in [-0.25, -0.2) is 4.79 Å². The summed E-state index contributed by atoms with van der Waals surface area (Å²) < 4.78 is 21.0. The minimum absolute atomic E-state index is 0.143. The fraction of sp³-hybridized carbons (Fsp3) is 0.312. The normalized spacial score (nSPS) is 10.2. The van der Waals surface area contributed by atoms with Crippen molar-refractivity contribution in [3.8, 4) is 11.5 Å². The molecule has 0 radical (unpaired) electrons. The predicted molar refractivity (Wildman–Crippen MR) is 76.6 cm³/mol. The Hall–Kier alpha value is -2.43. The Morgan fingerprint density at radius 3 is 2.76 bits per heavy atom. The van der Waals surface area contributed by atoms with Gasteiger partial charge in [-0.3, -0.25) is 0 Å². The monoisotopic (exact) mass is 290 g/mol. The highest BCUT2D eigenvalue weighted by atomic mass is 16.5. The Bertz CT molecular complexity index is 574. The van der Waals surface area contributed by atoms with Gasteiger partial charge < -0.3 is 18.6 Å². The van der Waals surface area contributed by atoms with E-state index >= 15 is 0 Å². The number of rotatable bonds is 7. The molecule has 0 atom stereocenters. The van der Waals surface area contributed by atoms with E-state index in [-0.39, 0.29) is 12.4 Å². The molecular weight excluding hydrogens is 272 g/mol. The molecule has 21 heavy (non-hydrogen) atoms. The van der Waals surface area contributed by atoms with Crippen molar-refractivity contribution in [2.45, 2.75) is 20.0 Å². The van der Waals surface area contributed by atoms with Crippen LogP contribution in [0.3, 0.4) is 0 Å². The highest BCUT2D eigenvalue weighted by molar-refractivity contribution is 5.86. The van der Waals surface area contributed by atoms with Gasteiger partial charge in [0.1, 0.15) is 6.61 Å². The Morgan fingerprint density at radius 2 is 2.10 bits per heavy atom. The van der Waals surface area contributed by atoms with E-state index in [4.69, 9.17) is 18.6 Å². The predicted octanol–water partition coefficient (Wildman–Crippen LogP) is 3.43. The summed E-state index contributed by atoms with van der Waals surface area (Å²) in [5.41, 5.74) is 0.815. The van der Waals surface area contributed by atoms with Crippen LogP contribution in [0.5, 0.6) is 11.5 Å². The molecule has 0 aliphatic heterocycles. The van der Waals surface area contributed by atoms with Gasteiger partial charge in [0.25, 0.3) is 0 Å². The second kappa shape index (κ2) is 7.38. The highest BCUT2D eigenvalue weighted by Gasteiger charge is 2.11. The molecule has 0 N–H and O–H groups in total. The van der Waals surface area contributed by atoms with Gasteiger partial charge in [0, 0.05) is 0 Å². The molecule has 0 aliphatic carbocycles. The number of methoxy groups -OCH3 is 1. The van der Waals surface area contributed by atoms with Crippen molar-refractivity contribution in [3.05, 3.63) is 47.9 Å². The number of furan rings is 1. The Morgan fingerprint density at radius 1 is 1.24 bits per heavy atom. The van der Waals surface area contributed by atoms with E-state index in [9.17, 15) is 4.79 Å². The SMILES string of the molecule is CCCOc1ccc(COC(=O)c2ccco2)cc1OC. The number of carbonyl (C=O) groups excluding carboxylic acids is 1. The molecule has 5 heteroatoms. The van der Waals surface area contributed by atoms with Gasteiger partial charge in [-0.1, -0.05) is 13.0 Å². The number of benzene rings is 1. The van der Waals surface area contributed by atoms with Gasteiger partial charge in [-0.15, -0.1) is 0 Å². The molecule has 5 nitrogen and oxygen atoms in total. The fourth-order valence-corrected chi connectivity index (χ4v) is 1.75. The fourth-order valence-electron chi connectivity index (χ4n) is 1.75. The highest BCUT2D eigenvalue weighted by Crippen LogP contribution is 2.28. The minimum Gasteiger partial charge on any atom is -0.493 e. The van der Waals surface area contributed by atoms with Gasteiger partial charge in [0.05, 0.1) is 20.0 Å². The van der Waals surface area contributed by atoms with Crippen LogP contribution in [0.2, 0.25) is 0 Å². The van der Waals surface area contributed by atoms with Crippen LogP contribution >= 0.6 is 0 Å². The standard InChI is InChI=1S/C16H18O5/c1-3-8-19-13-7-6-12(10-15(13)18-2)11-21-16(17)14-5-4-9-20-14/h4-7,9-10H,3,8,11H2,1-2H3. The molecule has 0 aliphatic rings.